The van der Waals surface area contributed by atoms with Gasteiger partial charge in [0.15, 0.2) is 0 Å². The number of benzene rings is 1. The van der Waals surface area contributed by atoms with Gasteiger partial charge >= 0.3 is 0 Å². The Morgan fingerprint density at radius 3 is 2.21 bits per heavy atom. The number of hydrogen-bond donors (Lipinski definition) is 1. The molecule has 104 valence electrons. The largest absolute Gasteiger partial charge is 0.329 e. The van der Waals surface area contributed by atoms with E-state index in [4.69, 9.17) is 5.73 Å². The highest BCUT2D eigenvalue weighted by Gasteiger charge is 2.36. The summed E-state index contributed by atoms with van der Waals surface area (Å²) in [6.45, 7) is 0.502. The van der Waals surface area contributed by atoms with E-state index in [0.717, 1.165) is 35.7 Å². The van der Waals surface area contributed by atoms with Gasteiger partial charge in [-0.05, 0) is 30.5 Å². The lowest BCUT2D eigenvalue weighted by Gasteiger charge is -2.29. The third kappa shape index (κ3) is 3.67. The zero-order valence-corrected chi connectivity index (χ0v) is 12.9. The smallest absolute Gasteiger partial charge is 0.144 e. The van der Waals surface area contributed by atoms with Crippen LogP contribution in [0, 0.1) is 5.41 Å². The van der Waals surface area contributed by atoms with Crippen molar-refractivity contribution in [3.05, 3.63) is 34.3 Å². The van der Waals surface area contributed by atoms with Crippen LogP contribution in [0.3, 0.4) is 0 Å². The lowest BCUT2D eigenvalue weighted by molar-refractivity contribution is -0.128. The summed E-state index contributed by atoms with van der Waals surface area (Å²) in [5, 5.41) is 0. The van der Waals surface area contributed by atoms with Gasteiger partial charge in [-0.25, -0.2) is 0 Å². The molecule has 1 aromatic carbocycles. The highest BCUT2D eigenvalue weighted by molar-refractivity contribution is 9.10. The highest BCUT2D eigenvalue weighted by Crippen LogP contribution is 2.36. The van der Waals surface area contributed by atoms with Crippen molar-refractivity contribution in [2.24, 2.45) is 11.1 Å². The Bertz CT molecular complexity index is 419. The summed E-state index contributed by atoms with van der Waals surface area (Å²) in [6.07, 6.45) is 7.23. The van der Waals surface area contributed by atoms with Crippen LogP contribution in [0.1, 0.15) is 44.1 Å². The molecule has 0 aliphatic heterocycles. The minimum atomic E-state index is -0.260. The van der Waals surface area contributed by atoms with E-state index in [9.17, 15) is 4.79 Å². The molecular weight excluding hydrogens is 302 g/mol. The molecule has 0 amide bonds. The Morgan fingerprint density at radius 1 is 1.11 bits per heavy atom. The van der Waals surface area contributed by atoms with E-state index in [0.29, 0.717) is 18.7 Å². The molecule has 19 heavy (non-hydrogen) atoms. The number of halogens is 1. The minimum absolute atomic E-state index is 0.260. The molecule has 1 fully saturated rings. The van der Waals surface area contributed by atoms with E-state index in [1.54, 1.807) is 0 Å². The van der Waals surface area contributed by atoms with Crippen molar-refractivity contribution in [2.75, 3.05) is 6.54 Å². The summed E-state index contributed by atoms with van der Waals surface area (Å²) in [6, 6.07) is 8.02. The van der Waals surface area contributed by atoms with Crippen molar-refractivity contribution in [2.45, 2.75) is 44.9 Å². The van der Waals surface area contributed by atoms with Crippen LogP contribution >= 0.6 is 15.9 Å². The second kappa shape index (κ2) is 6.67. The van der Waals surface area contributed by atoms with Crippen molar-refractivity contribution in [1.29, 1.82) is 0 Å². The van der Waals surface area contributed by atoms with Gasteiger partial charge in [0.1, 0.15) is 5.78 Å². The SMILES string of the molecule is NCC1(C(=O)Cc2ccc(Br)cc2)CCCCCC1. The van der Waals surface area contributed by atoms with Crippen LogP contribution in [0.2, 0.25) is 0 Å². The van der Waals surface area contributed by atoms with Crippen LogP contribution in [0.15, 0.2) is 28.7 Å². The lowest BCUT2D eigenvalue weighted by atomic mass is 9.75. The van der Waals surface area contributed by atoms with Gasteiger partial charge in [-0.15, -0.1) is 0 Å². The fourth-order valence-electron chi connectivity index (χ4n) is 2.98. The highest BCUT2D eigenvalue weighted by atomic mass is 79.9. The number of rotatable bonds is 4. The summed E-state index contributed by atoms with van der Waals surface area (Å²) >= 11 is 3.42. The summed E-state index contributed by atoms with van der Waals surface area (Å²) in [5.74, 6) is 0.333. The molecule has 1 aromatic rings. The molecule has 0 heterocycles. The standard InChI is InChI=1S/C16H22BrNO/c17-14-7-5-13(6-8-14)11-15(19)16(12-18)9-3-1-2-4-10-16/h5-8H,1-4,9-12,18H2. The van der Waals surface area contributed by atoms with Gasteiger partial charge in [-0.1, -0.05) is 53.7 Å². The third-order valence-electron chi connectivity index (χ3n) is 4.32. The molecule has 0 bridgehead atoms. The Kier molecular flexibility index (Phi) is 5.17. The molecular formula is C16H22BrNO. The topological polar surface area (TPSA) is 43.1 Å². The Labute approximate surface area is 123 Å². The number of nitrogens with two attached hydrogens (primary N) is 1. The maximum Gasteiger partial charge on any atom is 0.144 e. The molecule has 0 spiro atoms. The molecule has 2 nitrogen and oxygen atoms in total. The Balaban J connectivity index is 2.09. The fourth-order valence-corrected chi connectivity index (χ4v) is 3.24. The van der Waals surface area contributed by atoms with Crippen LogP contribution in [-0.4, -0.2) is 12.3 Å². The number of carbonyl (C=O) groups is 1. The zero-order chi connectivity index (χ0) is 13.7. The van der Waals surface area contributed by atoms with Crippen LogP contribution in [0.4, 0.5) is 0 Å². The first-order valence-corrected chi connectivity index (χ1v) is 7.93. The fraction of sp³-hybridized carbons (Fsp3) is 0.562. The average Bonchev–Trinajstić information content (AvgIpc) is 2.67. The Hall–Kier alpha value is -0.670. The maximum atomic E-state index is 12.7. The maximum absolute atomic E-state index is 12.7. The van der Waals surface area contributed by atoms with E-state index in [2.05, 4.69) is 15.9 Å². The first-order valence-electron chi connectivity index (χ1n) is 7.14. The summed E-state index contributed by atoms with van der Waals surface area (Å²) in [4.78, 5) is 12.7. The van der Waals surface area contributed by atoms with Gasteiger partial charge in [0.2, 0.25) is 0 Å². The molecule has 0 unspecified atom stereocenters. The van der Waals surface area contributed by atoms with Crippen molar-refractivity contribution >= 4 is 21.7 Å². The zero-order valence-electron chi connectivity index (χ0n) is 11.3. The summed E-state index contributed by atoms with van der Waals surface area (Å²) in [7, 11) is 0. The van der Waals surface area contributed by atoms with Gasteiger partial charge in [0.25, 0.3) is 0 Å². The predicted molar refractivity (Wildman–Crippen MR) is 82.0 cm³/mol. The summed E-state index contributed by atoms with van der Waals surface area (Å²) < 4.78 is 1.05. The van der Waals surface area contributed by atoms with Gasteiger partial charge < -0.3 is 5.73 Å². The molecule has 2 rings (SSSR count). The van der Waals surface area contributed by atoms with Crippen LogP contribution in [0.5, 0.6) is 0 Å². The van der Waals surface area contributed by atoms with Gasteiger partial charge in [-0.3, -0.25) is 4.79 Å². The predicted octanol–water partition coefficient (Wildman–Crippen LogP) is 3.86. The molecule has 1 aliphatic carbocycles. The third-order valence-corrected chi connectivity index (χ3v) is 4.85. The first kappa shape index (κ1) is 14.7. The van der Waals surface area contributed by atoms with E-state index < -0.39 is 0 Å². The van der Waals surface area contributed by atoms with Crippen molar-refractivity contribution in [1.82, 2.24) is 0 Å². The van der Waals surface area contributed by atoms with Crippen molar-refractivity contribution in [3.63, 3.8) is 0 Å². The minimum Gasteiger partial charge on any atom is -0.329 e. The Morgan fingerprint density at radius 2 is 1.68 bits per heavy atom. The quantitative estimate of drug-likeness (QED) is 0.855. The second-order valence-corrected chi connectivity index (χ2v) is 6.54. The van der Waals surface area contributed by atoms with Crippen LogP contribution in [0.25, 0.3) is 0 Å². The van der Waals surface area contributed by atoms with Crippen molar-refractivity contribution in [3.8, 4) is 0 Å². The number of Topliss-reactive ketones (excluding diaryl/α,β-unsaturated/α-hetero) is 1. The van der Waals surface area contributed by atoms with E-state index >= 15 is 0 Å². The molecule has 3 heteroatoms. The molecule has 0 radical (unpaired) electrons. The van der Waals surface area contributed by atoms with Crippen molar-refractivity contribution < 1.29 is 4.79 Å². The molecule has 1 aliphatic rings. The number of carbonyl (C=O) groups excluding carboxylic acids is 1. The van der Waals surface area contributed by atoms with Crippen LogP contribution < -0.4 is 5.73 Å². The second-order valence-electron chi connectivity index (χ2n) is 5.63. The normalized spacial score (nSPS) is 18.8. The molecule has 2 N–H and O–H groups in total. The first-order chi connectivity index (χ1) is 9.16. The van der Waals surface area contributed by atoms with Gasteiger partial charge in [0.05, 0.1) is 0 Å². The lowest BCUT2D eigenvalue weighted by Crippen LogP contribution is -2.39. The molecule has 0 saturated heterocycles. The van der Waals surface area contributed by atoms with Gasteiger partial charge in [0, 0.05) is 22.9 Å². The molecule has 0 aromatic heterocycles. The summed E-state index contributed by atoms with van der Waals surface area (Å²) in [5.41, 5.74) is 6.79. The number of ketones is 1. The monoisotopic (exact) mass is 323 g/mol. The van der Waals surface area contributed by atoms with E-state index in [1.807, 2.05) is 24.3 Å². The number of hydrogen-bond acceptors (Lipinski definition) is 2. The van der Waals surface area contributed by atoms with Gasteiger partial charge in [-0.2, -0.15) is 0 Å². The van der Waals surface area contributed by atoms with Crippen LogP contribution in [-0.2, 0) is 11.2 Å². The van der Waals surface area contributed by atoms with E-state index in [1.165, 1.54) is 12.8 Å². The average molecular weight is 324 g/mol. The molecule has 1 saturated carbocycles. The van der Waals surface area contributed by atoms with E-state index in [-0.39, 0.29) is 5.41 Å². The molecule has 0 atom stereocenters.